The molecule has 4 nitrogen and oxygen atoms in total. The van der Waals surface area contributed by atoms with Crippen LogP contribution in [-0.2, 0) is 20.8 Å². The van der Waals surface area contributed by atoms with Gasteiger partial charge in [-0.05, 0) is 38.0 Å². The quantitative estimate of drug-likeness (QED) is 0.788. The summed E-state index contributed by atoms with van der Waals surface area (Å²) >= 11 is 0. The summed E-state index contributed by atoms with van der Waals surface area (Å²) in [7, 11) is -2.39. The first-order chi connectivity index (χ1) is 10.6. The number of halogens is 3. The third kappa shape index (κ3) is 3.58. The van der Waals surface area contributed by atoms with Crippen LogP contribution in [-0.4, -0.2) is 39.1 Å². The summed E-state index contributed by atoms with van der Waals surface area (Å²) in [6.45, 7) is 1.76. The molecule has 1 aliphatic heterocycles. The molecule has 2 rings (SSSR count). The zero-order valence-corrected chi connectivity index (χ0v) is 13.6. The summed E-state index contributed by atoms with van der Waals surface area (Å²) in [5.41, 5.74) is -0.971. The lowest BCUT2D eigenvalue weighted by atomic mass is 9.97. The molecule has 1 aliphatic rings. The number of nitrogens with zero attached hydrogens (tertiary/aromatic N) is 1. The van der Waals surface area contributed by atoms with Gasteiger partial charge in [0.25, 0.3) is 0 Å². The van der Waals surface area contributed by atoms with Crippen LogP contribution in [0.3, 0.4) is 0 Å². The maximum absolute atomic E-state index is 12.9. The van der Waals surface area contributed by atoms with Crippen LogP contribution in [0.5, 0.6) is 0 Å². The Hall–Kier alpha value is -1.41. The molecule has 128 valence electrons. The number of aliphatic imine (C=N–C) groups is 1. The van der Waals surface area contributed by atoms with Crippen molar-refractivity contribution in [1.29, 1.82) is 0 Å². The zero-order valence-electron chi connectivity index (χ0n) is 12.8. The van der Waals surface area contributed by atoms with E-state index in [4.69, 9.17) is 4.74 Å². The van der Waals surface area contributed by atoms with Crippen molar-refractivity contribution in [2.75, 3.05) is 13.7 Å². The first-order valence-corrected chi connectivity index (χ1v) is 8.54. The SMILES string of the molecule is CN=CC1CC(C)(S(=O)(=O)c2cccc(C(F)(F)F)c2)CCO1. The highest BCUT2D eigenvalue weighted by atomic mass is 32.2. The van der Waals surface area contributed by atoms with Gasteiger partial charge in [-0.25, -0.2) is 8.42 Å². The average Bonchev–Trinajstić information content (AvgIpc) is 2.47. The monoisotopic (exact) mass is 349 g/mol. The summed E-state index contributed by atoms with van der Waals surface area (Å²) in [4.78, 5) is 3.52. The molecule has 23 heavy (non-hydrogen) atoms. The molecular formula is C15H18F3NO3S. The van der Waals surface area contributed by atoms with E-state index in [1.54, 1.807) is 14.0 Å². The van der Waals surface area contributed by atoms with E-state index in [9.17, 15) is 21.6 Å². The van der Waals surface area contributed by atoms with Crippen molar-refractivity contribution in [2.24, 2.45) is 4.99 Å². The van der Waals surface area contributed by atoms with Gasteiger partial charge in [0.15, 0.2) is 9.84 Å². The molecule has 0 bridgehead atoms. The van der Waals surface area contributed by atoms with Gasteiger partial charge in [0.1, 0.15) is 0 Å². The molecule has 2 unspecified atom stereocenters. The Morgan fingerprint density at radius 1 is 1.39 bits per heavy atom. The van der Waals surface area contributed by atoms with E-state index >= 15 is 0 Å². The minimum absolute atomic E-state index is 0.156. The Kier molecular flexibility index (Phi) is 4.86. The fourth-order valence-electron chi connectivity index (χ4n) is 2.64. The summed E-state index contributed by atoms with van der Waals surface area (Å²) in [6, 6.07) is 3.87. The van der Waals surface area contributed by atoms with Crippen LogP contribution < -0.4 is 0 Å². The Balaban J connectivity index is 2.41. The maximum Gasteiger partial charge on any atom is 0.416 e. The topological polar surface area (TPSA) is 55.7 Å². The third-order valence-electron chi connectivity index (χ3n) is 4.03. The van der Waals surface area contributed by atoms with Crippen LogP contribution in [0.1, 0.15) is 25.3 Å². The molecule has 0 radical (unpaired) electrons. The second-order valence-corrected chi connectivity index (χ2v) is 8.21. The second kappa shape index (κ2) is 6.24. The van der Waals surface area contributed by atoms with E-state index in [1.165, 1.54) is 12.3 Å². The molecule has 0 aromatic heterocycles. The first-order valence-electron chi connectivity index (χ1n) is 7.06. The maximum atomic E-state index is 12.9. The van der Waals surface area contributed by atoms with Crippen molar-refractivity contribution in [3.8, 4) is 0 Å². The van der Waals surface area contributed by atoms with Crippen molar-refractivity contribution >= 4 is 16.1 Å². The van der Waals surface area contributed by atoms with Crippen LogP contribution in [0.2, 0.25) is 0 Å². The van der Waals surface area contributed by atoms with Crippen LogP contribution in [0.15, 0.2) is 34.2 Å². The highest BCUT2D eigenvalue weighted by Gasteiger charge is 2.45. The predicted molar refractivity (Wildman–Crippen MR) is 80.4 cm³/mol. The van der Waals surface area contributed by atoms with E-state index in [0.29, 0.717) is 6.07 Å². The number of hydrogen-bond acceptors (Lipinski definition) is 4. The van der Waals surface area contributed by atoms with E-state index in [1.807, 2.05) is 0 Å². The second-order valence-electron chi connectivity index (χ2n) is 5.75. The Bertz CT molecular complexity index is 700. The van der Waals surface area contributed by atoms with Crippen LogP contribution >= 0.6 is 0 Å². The summed E-state index contributed by atoms with van der Waals surface area (Å²) in [6.07, 6.45) is -3.15. The van der Waals surface area contributed by atoms with Gasteiger partial charge < -0.3 is 4.74 Å². The molecular weight excluding hydrogens is 331 g/mol. The van der Waals surface area contributed by atoms with Gasteiger partial charge in [-0.3, -0.25) is 4.99 Å². The molecule has 0 spiro atoms. The standard InChI is InChI=1S/C15H18F3NO3S/c1-14(6-7-22-12(9-14)10-19-2)23(20,21)13-5-3-4-11(8-13)15(16,17)18/h3-5,8,10,12H,6-7,9H2,1-2H3. The van der Waals surface area contributed by atoms with Crippen molar-refractivity contribution in [3.05, 3.63) is 29.8 Å². The van der Waals surface area contributed by atoms with E-state index in [2.05, 4.69) is 4.99 Å². The molecule has 0 amide bonds. The molecule has 1 fully saturated rings. The summed E-state index contributed by atoms with van der Waals surface area (Å²) in [5.74, 6) is 0. The Morgan fingerprint density at radius 2 is 2.09 bits per heavy atom. The number of ether oxygens (including phenoxy) is 1. The van der Waals surface area contributed by atoms with E-state index in [-0.39, 0.29) is 24.3 Å². The Labute approximate surface area is 133 Å². The van der Waals surface area contributed by atoms with Crippen molar-refractivity contribution < 1.29 is 26.3 Å². The molecule has 1 heterocycles. The van der Waals surface area contributed by atoms with Gasteiger partial charge in [0, 0.05) is 19.9 Å². The van der Waals surface area contributed by atoms with Crippen LogP contribution in [0, 0.1) is 0 Å². The number of rotatable bonds is 3. The molecule has 1 aromatic rings. The zero-order chi connectivity index (χ0) is 17.3. The molecule has 0 saturated carbocycles. The lowest BCUT2D eigenvalue weighted by molar-refractivity contribution is -0.137. The number of alkyl halides is 3. The van der Waals surface area contributed by atoms with Crippen molar-refractivity contribution in [3.63, 3.8) is 0 Å². The fraction of sp³-hybridized carbons (Fsp3) is 0.533. The van der Waals surface area contributed by atoms with Crippen molar-refractivity contribution in [2.45, 2.75) is 41.7 Å². The van der Waals surface area contributed by atoms with Gasteiger partial charge in [-0.2, -0.15) is 13.2 Å². The van der Waals surface area contributed by atoms with Crippen LogP contribution in [0.25, 0.3) is 0 Å². The number of benzene rings is 1. The minimum Gasteiger partial charge on any atom is -0.372 e. The molecule has 1 saturated heterocycles. The predicted octanol–water partition coefficient (Wildman–Crippen LogP) is 3.12. The highest BCUT2D eigenvalue weighted by molar-refractivity contribution is 7.92. The lowest BCUT2D eigenvalue weighted by Crippen LogP contribution is -2.45. The minimum atomic E-state index is -4.58. The van der Waals surface area contributed by atoms with E-state index in [0.717, 1.165) is 12.1 Å². The first kappa shape index (κ1) is 17.9. The molecule has 8 heteroatoms. The number of sulfone groups is 1. The summed E-state index contributed by atoms with van der Waals surface area (Å²) in [5, 5.41) is 0. The van der Waals surface area contributed by atoms with Gasteiger partial charge in [-0.1, -0.05) is 6.07 Å². The van der Waals surface area contributed by atoms with Crippen LogP contribution in [0.4, 0.5) is 13.2 Å². The Morgan fingerprint density at radius 3 is 2.70 bits per heavy atom. The summed E-state index contributed by atoms with van der Waals surface area (Å²) < 4.78 is 68.4. The number of hydrogen-bond donors (Lipinski definition) is 0. The lowest BCUT2D eigenvalue weighted by Gasteiger charge is -2.36. The highest BCUT2D eigenvalue weighted by Crippen LogP contribution is 2.38. The van der Waals surface area contributed by atoms with Gasteiger partial charge in [0.2, 0.25) is 0 Å². The fourth-order valence-corrected chi connectivity index (χ4v) is 4.49. The van der Waals surface area contributed by atoms with Gasteiger partial charge in [0.05, 0.1) is 21.3 Å². The van der Waals surface area contributed by atoms with Gasteiger partial charge >= 0.3 is 6.18 Å². The van der Waals surface area contributed by atoms with Gasteiger partial charge in [-0.15, -0.1) is 0 Å². The van der Waals surface area contributed by atoms with E-state index < -0.39 is 32.4 Å². The third-order valence-corrected chi connectivity index (χ3v) is 6.57. The molecule has 0 N–H and O–H groups in total. The molecule has 1 aromatic carbocycles. The average molecular weight is 349 g/mol. The normalized spacial score (nSPS) is 26.6. The van der Waals surface area contributed by atoms with Crippen molar-refractivity contribution in [1.82, 2.24) is 0 Å². The molecule has 0 aliphatic carbocycles. The molecule has 2 atom stereocenters. The smallest absolute Gasteiger partial charge is 0.372 e. The largest absolute Gasteiger partial charge is 0.416 e.